The molecule has 0 aliphatic rings. The number of aromatic nitrogens is 1. The number of benzene rings is 2. The van der Waals surface area contributed by atoms with Gasteiger partial charge in [-0.15, -0.1) is 0 Å². The van der Waals surface area contributed by atoms with E-state index in [9.17, 15) is 14.0 Å². The highest BCUT2D eigenvalue weighted by atomic mass is 19.1. The molecule has 1 amide bonds. The van der Waals surface area contributed by atoms with Crippen LogP contribution in [0.3, 0.4) is 0 Å². The minimum atomic E-state index is -0.472. The topological polar surface area (TPSA) is 64.2 Å². The molecule has 1 N–H and O–H groups in total. The minimum Gasteiger partial charge on any atom is -0.469 e. The van der Waals surface area contributed by atoms with Crippen molar-refractivity contribution >= 4 is 22.4 Å². The molecule has 0 saturated carbocycles. The maximum absolute atomic E-state index is 13.9. The van der Waals surface area contributed by atoms with Gasteiger partial charge < -0.3 is 14.3 Å². The van der Waals surface area contributed by atoms with Crippen LogP contribution in [0.25, 0.3) is 21.9 Å². The second kappa shape index (κ2) is 7.39. The van der Waals surface area contributed by atoms with Crippen molar-refractivity contribution in [2.45, 2.75) is 20.4 Å². The van der Waals surface area contributed by atoms with E-state index in [0.717, 1.165) is 22.3 Å². The molecular weight excluding hydrogens is 371 g/mol. The van der Waals surface area contributed by atoms with Crippen molar-refractivity contribution in [2.75, 3.05) is 5.32 Å². The van der Waals surface area contributed by atoms with Gasteiger partial charge in [-0.2, -0.15) is 0 Å². The lowest BCUT2D eigenvalue weighted by atomic mass is 10.0. The third-order valence-corrected chi connectivity index (χ3v) is 4.78. The molecule has 0 aliphatic heterocycles. The SMILES string of the molecule is CC(=O)Nc1cc(F)cc(Cn2ccc3cc(-c4ccoc4C)ccc3c2=O)c1. The first-order chi connectivity index (χ1) is 13.9. The van der Waals surface area contributed by atoms with E-state index in [1.165, 1.54) is 23.6 Å². The monoisotopic (exact) mass is 390 g/mol. The summed E-state index contributed by atoms with van der Waals surface area (Å²) in [7, 11) is 0. The molecular formula is C23H19FN2O3. The smallest absolute Gasteiger partial charge is 0.258 e. The Kier molecular flexibility index (Phi) is 4.76. The quantitative estimate of drug-likeness (QED) is 0.549. The summed E-state index contributed by atoms with van der Waals surface area (Å²) in [6.45, 7) is 3.45. The molecule has 29 heavy (non-hydrogen) atoms. The number of halogens is 1. The van der Waals surface area contributed by atoms with Gasteiger partial charge in [0.1, 0.15) is 11.6 Å². The van der Waals surface area contributed by atoms with Crippen LogP contribution < -0.4 is 10.9 Å². The molecule has 2 aromatic heterocycles. The number of hydrogen-bond donors (Lipinski definition) is 1. The average Bonchev–Trinajstić information content (AvgIpc) is 3.09. The summed E-state index contributed by atoms with van der Waals surface area (Å²) >= 11 is 0. The zero-order valence-corrected chi connectivity index (χ0v) is 16.0. The highest BCUT2D eigenvalue weighted by Gasteiger charge is 2.09. The number of hydrogen-bond acceptors (Lipinski definition) is 3. The van der Waals surface area contributed by atoms with Crippen LogP contribution in [0.4, 0.5) is 10.1 Å². The Bertz CT molecular complexity index is 1290. The van der Waals surface area contributed by atoms with Crippen molar-refractivity contribution < 1.29 is 13.6 Å². The summed E-state index contributed by atoms with van der Waals surface area (Å²) in [5.74, 6) is 0.0621. The minimum absolute atomic E-state index is 0.164. The highest BCUT2D eigenvalue weighted by Crippen LogP contribution is 2.26. The molecule has 0 radical (unpaired) electrons. The highest BCUT2D eigenvalue weighted by molar-refractivity contribution is 5.89. The summed E-state index contributed by atoms with van der Waals surface area (Å²) in [5, 5.41) is 3.97. The Hall–Kier alpha value is -3.67. The Morgan fingerprint density at radius 2 is 1.97 bits per heavy atom. The zero-order valence-electron chi connectivity index (χ0n) is 16.0. The van der Waals surface area contributed by atoms with Gasteiger partial charge in [-0.25, -0.2) is 4.39 Å². The molecule has 0 unspecified atom stereocenters. The lowest BCUT2D eigenvalue weighted by Crippen LogP contribution is -2.20. The van der Waals surface area contributed by atoms with Crippen molar-refractivity contribution in [2.24, 2.45) is 0 Å². The number of fused-ring (bicyclic) bond motifs is 1. The molecule has 5 nitrogen and oxygen atoms in total. The fraction of sp³-hybridized carbons (Fsp3) is 0.130. The predicted molar refractivity (Wildman–Crippen MR) is 110 cm³/mol. The summed E-state index contributed by atoms with van der Waals surface area (Å²) < 4.78 is 20.8. The van der Waals surface area contributed by atoms with Gasteiger partial charge in [0.15, 0.2) is 0 Å². The van der Waals surface area contributed by atoms with E-state index in [1.807, 2.05) is 31.2 Å². The third-order valence-electron chi connectivity index (χ3n) is 4.78. The van der Waals surface area contributed by atoms with Gasteiger partial charge >= 0.3 is 0 Å². The standard InChI is InChI=1S/C23H19FN2O3/c1-14-21(6-8-29-14)17-3-4-22-18(11-17)5-7-26(23(22)28)13-16-9-19(24)12-20(10-16)25-15(2)27/h3-12H,13H2,1-2H3,(H,25,27). The molecule has 4 aromatic rings. The Morgan fingerprint density at radius 1 is 1.14 bits per heavy atom. The van der Waals surface area contributed by atoms with E-state index < -0.39 is 5.82 Å². The van der Waals surface area contributed by atoms with Crippen LogP contribution >= 0.6 is 0 Å². The van der Waals surface area contributed by atoms with Crippen LogP contribution in [0.5, 0.6) is 0 Å². The molecule has 6 heteroatoms. The second-order valence-electron chi connectivity index (χ2n) is 6.97. The number of aryl methyl sites for hydroxylation is 1. The van der Waals surface area contributed by atoms with Crippen molar-refractivity contribution in [1.82, 2.24) is 4.57 Å². The van der Waals surface area contributed by atoms with Gasteiger partial charge in [0.05, 0.1) is 12.8 Å². The molecule has 0 spiro atoms. The molecule has 0 saturated heterocycles. The predicted octanol–water partition coefficient (Wildman–Crippen LogP) is 4.72. The lowest BCUT2D eigenvalue weighted by molar-refractivity contribution is -0.114. The third kappa shape index (κ3) is 3.82. The van der Waals surface area contributed by atoms with E-state index >= 15 is 0 Å². The fourth-order valence-corrected chi connectivity index (χ4v) is 3.48. The van der Waals surface area contributed by atoms with Crippen molar-refractivity contribution in [3.8, 4) is 11.1 Å². The Morgan fingerprint density at radius 3 is 2.69 bits per heavy atom. The molecule has 0 bridgehead atoms. The first-order valence-corrected chi connectivity index (χ1v) is 9.15. The summed E-state index contributed by atoms with van der Waals surface area (Å²) in [5.41, 5.74) is 2.75. The number of nitrogens with one attached hydrogen (secondary N) is 1. The number of nitrogens with zero attached hydrogens (tertiary/aromatic N) is 1. The number of anilines is 1. The summed E-state index contributed by atoms with van der Waals surface area (Å²) in [6, 6.07) is 13.7. The van der Waals surface area contributed by atoms with E-state index in [2.05, 4.69) is 5.32 Å². The van der Waals surface area contributed by atoms with Gasteiger partial charge in [0.25, 0.3) is 5.56 Å². The molecule has 0 fully saturated rings. The molecule has 0 atom stereocenters. The number of rotatable bonds is 4. The first kappa shape index (κ1) is 18.7. The maximum atomic E-state index is 13.9. The van der Waals surface area contributed by atoms with E-state index in [-0.39, 0.29) is 18.0 Å². The van der Waals surface area contributed by atoms with Crippen LogP contribution in [0.1, 0.15) is 18.2 Å². The number of pyridine rings is 1. The van der Waals surface area contributed by atoms with Crippen LogP contribution in [0.2, 0.25) is 0 Å². The lowest BCUT2D eigenvalue weighted by Gasteiger charge is -2.10. The van der Waals surface area contributed by atoms with E-state index in [1.54, 1.807) is 24.6 Å². The van der Waals surface area contributed by atoms with Gasteiger partial charge in [-0.05, 0) is 65.9 Å². The fourth-order valence-electron chi connectivity index (χ4n) is 3.48. The summed E-state index contributed by atoms with van der Waals surface area (Å²) in [6.07, 6.45) is 3.33. The number of carbonyl (C=O) groups excluding carboxylic acids is 1. The second-order valence-corrected chi connectivity index (χ2v) is 6.97. The van der Waals surface area contributed by atoms with E-state index in [4.69, 9.17) is 4.42 Å². The zero-order chi connectivity index (χ0) is 20.5. The van der Waals surface area contributed by atoms with Gasteiger partial charge in [0, 0.05) is 29.8 Å². The largest absolute Gasteiger partial charge is 0.469 e. The van der Waals surface area contributed by atoms with E-state index in [0.29, 0.717) is 16.6 Å². The molecule has 146 valence electrons. The van der Waals surface area contributed by atoms with Crippen LogP contribution in [0, 0.1) is 12.7 Å². The van der Waals surface area contributed by atoms with Crippen LogP contribution in [-0.4, -0.2) is 10.5 Å². The molecule has 2 aromatic carbocycles. The normalized spacial score (nSPS) is 11.0. The first-order valence-electron chi connectivity index (χ1n) is 9.15. The summed E-state index contributed by atoms with van der Waals surface area (Å²) in [4.78, 5) is 24.2. The number of amides is 1. The van der Waals surface area contributed by atoms with Crippen molar-refractivity contribution in [3.05, 3.63) is 88.5 Å². The maximum Gasteiger partial charge on any atom is 0.258 e. The van der Waals surface area contributed by atoms with Crippen LogP contribution in [0.15, 0.2) is 70.2 Å². The molecule has 2 heterocycles. The Labute approximate surface area is 166 Å². The van der Waals surface area contributed by atoms with Gasteiger partial charge in [0.2, 0.25) is 5.91 Å². The Balaban J connectivity index is 1.70. The van der Waals surface area contributed by atoms with Crippen molar-refractivity contribution in [1.29, 1.82) is 0 Å². The van der Waals surface area contributed by atoms with Gasteiger partial charge in [-0.1, -0.05) is 6.07 Å². The molecule has 0 aliphatic carbocycles. The van der Waals surface area contributed by atoms with Crippen LogP contribution in [-0.2, 0) is 11.3 Å². The molecule has 4 rings (SSSR count). The van der Waals surface area contributed by atoms with Crippen molar-refractivity contribution in [3.63, 3.8) is 0 Å². The van der Waals surface area contributed by atoms with Gasteiger partial charge in [-0.3, -0.25) is 9.59 Å². The number of furan rings is 1. The number of carbonyl (C=O) groups is 1. The average molecular weight is 390 g/mol.